The van der Waals surface area contributed by atoms with E-state index in [1.165, 1.54) is 72.6 Å². The maximum Gasteiger partial charge on any atom is 0.295 e. The first-order chi connectivity index (χ1) is 21.5. The van der Waals surface area contributed by atoms with Crippen molar-refractivity contribution in [1.82, 2.24) is 4.57 Å². The maximum absolute atomic E-state index is 2.60. The van der Waals surface area contributed by atoms with E-state index in [1.54, 1.807) is 0 Å². The molecule has 1 heterocycles. The lowest BCUT2D eigenvalue weighted by molar-refractivity contribution is -0.633. The standard InChI is InChI=1S/C43H47N2/c1-28(2)36-25-34(32-18-14-11-15-19-32)26-37(29(3)4)41(36)45-40-27-35(43(6,7)8)22-23-39(40)44(9)42(45)38-24-33(21-20-30(38)5)31-16-12-10-13-17-31/h10-29H,1-9H3/q+1. The average molecular weight is 592 g/mol. The van der Waals surface area contributed by atoms with Crippen LogP contribution in [-0.4, -0.2) is 4.57 Å². The van der Waals surface area contributed by atoms with E-state index in [9.17, 15) is 0 Å². The summed E-state index contributed by atoms with van der Waals surface area (Å²) < 4.78 is 5.01. The van der Waals surface area contributed by atoms with Crippen LogP contribution in [0.15, 0.2) is 109 Å². The number of fused-ring (bicyclic) bond motifs is 1. The summed E-state index contributed by atoms with van der Waals surface area (Å²) in [5, 5.41) is 0. The molecular weight excluding hydrogens is 544 g/mol. The van der Waals surface area contributed by atoms with E-state index in [4.69, 9.17) is 0 Å². The van der Waals surface area contributed by atoms with Crippen molar-refractivity contribution in [3.63, 3.8) is 0 Å². The highest BCUT2D eigenvalue weighted by Crippen LogP contribution is 2.41. The van der Waals surface area contributed by atoms with Gasteiger partial charge in [-0.2, -0.15) is 4.57 Å². The van der Waals surface area contributed by atoms with Crippen molar-refractivity contribution in [2.24, 2.45) is 7.05 Å². The molecule has 0 aliphatic rings. The molecule has 0 fully saturated rings. The van der Waals surface area contributed by atoms with Crippen molar-refractivity contribution in [2.75, 3.05) is 0 Å². The molecule has 0 unspecified atom stereocenters. The highest BCUT2D eigenvalue weighted by atomic mass is 15.2. The number of aromatic nitrogens is 2. The second kappa shape index (κ2) is 11.8. The molecule has 0 aliphatic carbocycles. The van der Waals surface area contributed by atoms with Gasteiger partial charge >= 0.3 is 0 Å². The van der Waals surface area contributed by atoms with Gasteiger partial charge < -0.3 is 0 Å². The highest BCUT2D eigenvalue weighted by Gasteiger charge is 2.33. The van der Waals surface area contributed by atoms with E-state index in [0.717, 1.165) is 0 Å². The van der Waals surface area contributed by atoms with E-state index in [1.807, 2.05) is 0 Å². The van der Waals surface area contributed by atoms with E-state index in [-0.39, 0.29) is 5.41 Å². The molecule has 0 radical (unpaired) electrons. The minimum atomic E-state index is 0.0318. The van der Waals surface area contributed by atoms with Gasteiger partial charge in [0.2, 0.25) is 0 Å². The molecule has 0 aliphatic heterocycles. The topological polar surface area (TPSA) is 8.81 Å². The zero-order valence-electron chi connectivity index (χ0n) is 28.4. The zero-order valence-corrected chi connectivity index (χ0v) is 28.4. The van der Waals surface area contributed by atoms with E-state index >= 15 is 0 Å². The molecule has 0 N–H and O–H groups in total. The van der Waals surface area contributed by atoms with Gasteiger partial charge in [0.15, 0.2) is 11.0 Å². The van der Waals surface area contributed by atoms with Gasteiger partial charge in [0, 0.05) is 11.1 Å². The Kier molecular flexibility index (Phi) is 8.04. The quantitative estimate of drug-likeness (QED) is 0.170. The molecule has 0 amide bonds. The summed E-state index contributed by atoms with van der Waals surface area (Å²) in [4.78, 5) is 0. The van der Waals surface area contributed by atoms with Crippen molar-refractivity contribution >= 4 is 11.0 Å². The Balaban J connectivity index is 1.77. The van der Waals surface area contributed by atoms with Crippen LogP contribution in [0.25, 0.3) is 50.4 Å². The molecule has 0 atom stereocenters. The lowest BCUT2D eigenvalue weighted by Gasteiger charge is -2.22. The van der Waals surface area contributed by atoms with Crippen molar-refractivity contribution < 1.29 is 4.57 Å². The van der Waals surface area contributed by atoms with Gasteiger partial charge in [-0.25, -0.2) is 4.57 Å². The number of rotatable bonds is 6. The summed E-state index contributed by atoms with van der Waals surface area (Å²) in [5.74, 6) is 1.88. The third-order valence-corrected chi connectivity index (χ3v) is 9.30. The number of nitrogens with zero attached hydrogens (tertiary/aromatic N) is 2. The van der Waals surface area contributed by atoms with Gasteiger partial charge in [0.25, 0.3) is 5.82 Å². The third-order valence-electron chi connectivity index (χ3n) is 9.30. The van der Waals surface area contributed by atoms with Crippen LogP contribution in [0.2, 0.25) is 0 Å². The number of hydrogen-bond acceptors (Lipinski definition) is 0. The molecule has 0 saturated heterocycles. The zero-order chi connectivity index (χ0) is 32.0. The Labute approximate surface area is 270 Å². The summed E-state index contributed by atoms with van der Waals surface area (Å²) in [6.07, 6.45) is 0. The van der Waals surface area contributed by atoms with Crippen LogP contribution in [0.3, 0.4) is 0 Å². The minimum absolute atomic E-state index is 0.0318. The Morgan fingerprint density at radius 3 is 1.69 bits per heavy atom. The molecule has 0 spiro atoms. The van der Waals surface area contributed by atoms with Gasteiger partial charge in [0.1, 0.15) is 5.69 Å². The Morgan fingerprint density at radius 1 is 0.600 bits per heavy atom. The second-order valence-electron chi connectivity index (χ2n) is 14.2. The summed E-state index contributed by atoms with van der Waals surface area (Å²) in [6.45, 7) is 18.5. The predicted molar refractivity (Wildman–Crippen MR) is 192 cm³/mol. The van der Waals surface area contributed by atoms with Crippen molar-refractivity contribution in [1.29, 1.82) is 0 Å². The molecule has 6 rings (SSSR count). The van der Waals surface area contributed by atoms with Crippen LogP contribution in [0.4, 0.5) is 0 Å². The first-order valence-electron chi connectivity index (χ1n) is 16.4. The van der Waals surface area contributed by atoms with Gasteiger partial charge in [-0.1, -0.05) is 127 Å². The van der Waals surface area contributed by atoms with Crippen LogP contribution < -0.4 is 4.57 Å². The fraction of sp³-hybridized carbons (Fsp3) is 0.279. The van der Waals surface area contributed by atoms with Crippen LogP contribution >= 0.6 is 0 Å². The Bertz CT molecular complexity index is 1960. The first kappa shape index (κ1) is 30.6. The molecule has 0 bridgehead atoms. The van der Waals surface area contributed by atoms with Gasteiger partial charge in [-0.05, 0) is 87.9 Å². The molecule has 6 aromatic rings. The van der Waals surface area contributed by atoms with E-state index < -0.39 is 0 Å². The van der Waals surface area contributed by atoms with Crippen molar-refractivity contribution in [3.05, 3.63) is 131 Å². The normalized spacial score (nSPS) is 12.1. The Morgan fingerprint density at radius 2 is 1.16 bits per heavy atom. The Hall–Kier alpha value is -4.43. The van der Waals surface area contributed by atoms with Crippen LogP contribution in [-0.2, 0) is 12.5 Å². The molecule has 2 nitrogen and oxygen atoms in total. The van der Waals surface area contributed by atoms with Crippen LogP contribution in [0.1, 0.15) is 82.6 Å². The highest BCUT2D eigenvalue weighted by molar-refractivity contribution is 5.84. The second-order valence-corrected chi connectivity index (χ2v) is 14.2. The molecule has 5 aromatic carbocycles. The van der Waals surface area contributed by atoms with E-state index in [0.29, 0.717) is 11.8 Å². The molecular formula is C43H47N2+. The molecule has 1 aromatic heterocycles. The largest absolute Gasteiger partial charge is 0.295 e. The number of hydrogen-bond donors (Lipinski definition) is 0. The fourth-order valence-electron chi connectivity index (χ4n) is 6.65. The SMILES string of the molecule is Cc1ccc(-c2ccccc2)cc1-c1n(-c2c(C(C)C)cc(-c3ccccc3)cc2C(C)C)c2cc(C(C)(C)C)ccc2[n+]1C. The van der Waals surface area contributed by atoms with Crippen molar-refractivity contribution in [3.8, 4) is 39.3 Å². The van der Waals surface area contributed by atoms with Crippen LogP contribution in [0.5, 0.6) is 0 Å². The molecule has 228 valence electrons. The fourth-order valence-corrected chi connectivity index (χ4v) is 6.65. The predicted octanol–water partition coefficient (Wildman–Crippen LogP) is 11.3. The summed E-state index contributed by atoms with van der Waals surface area (Å²) >= 11 is 0. The average Bonchev–Trinajstić information content (AvgIpc) is 3.31. The summed E-state index contributed by atoms with van der Waals surface area (Å²) in [7, 11) is 2.24. The number of benzene rings is 5. The minimum Gasteiger partial charge on any atom is -0.225 e. The first-order valence-corrected chi connectivity index (χ1v) is 16.4. The van der Waals surface area contributed by atoms with Gasteiger partial charge in [-0.15, -0.1) is 0 Å². The van der Waals surface area contributed by atoms with Crippen molar-refractivity contribution in [2.45, 2.75) is 72.6 Å². The maximum atomic E-state index is 2.60. The summed E-state index contributed by atoms with van der Waals surface area (Å²) in [5.41, 5.74) is 15.5. The third kappa shape index (κ3) is 5.63. The van der Waals surface area contributed by atoms with E-state index in [2.05, 4.69) is 181 Å². The molecule has 0 saturated carbocycles. The summed E-state index contributed by atoms with van der Waals surface area (Å²) in [6, 6.07) is 40.5. The lowest BCUT2D eigenvalue weighted by atomic mass is 9.86. The van der Waals surface area contributed by atoms with Gasteiger partial charge in [-0.3, -0.25) is 0 Å². The van der Waals surface area contributed by atoms with Crippen LogP contribution in [0, 0.1) is 6.92 Å². The molecule has 45 heavy (non-hydrogen) atoms. The van der Waals surface area contributed by atoms with Gasteiger partial charge in [0.05, 0.1) is 12.6 Å². The monoisotopic (exact) mass is 591 g/mol. The molecule has 2 heteroatoms. The smallest absolute Gasteiger partial charge is 0.225 e. The number of imidazole rings is 1. The number of aryl methyl sites for hydroxylation is 2. The lowest BCUT2D eigenvalue weighted by Crippen LogP contribution is -2.30.